The average molecular weight is 358 g/mol. The van der Waals surface area contributed by atoms with Crippen LogP contribution in [-0.4, -0.2) is 11.2 Å². The van der Waals surface area contributed by atoms with Crippen molar-refractivity contribution in [3.05, 3.63) is 75.8 Å². The predicted molar refractivity (Wildman–Crippen MR) is 100 cm³/mol. The molecule has 0 fully saturated rings. The van der Waals surface area contributed by atoms with Crippen LogP contribution in [0.4, 0.5) is 5.13 Å². The fourth-order valence-electron chi connectivity index (χ4n) is 2.02. The number of hydrogen-bond acceptors (Lipinski definition) is 5. The number of hydrazone groups is 1. The van der Waals surface area contributed by atoms with Crippen molar-refractivity contribution >= 4 is 34.3 Å². The fourth-order valence-corrected chi connectivity index (χ4v) is 2.79. The van der Waals surface area contributed by atoms with Crippen LogP contribution in [0.15, 0.2) is 59.0 Å². The van der Waals surface area contributed by atoms with E-state index in [1.165, 1.54) is 11.3 Å². The van der Waals surface area contributed by atoms with Crippen LogP contribution >= 0.6 is 22.9 Å². The maximum atomic E-state index is 5.89. The van der Waals surface area contributed by atoms with Crippen LogP contribution in [0, 0.1) is 6.92 Å². The van der Waals surface area contributed by atoms with Gasteiger partial charge in [-0.05, 0) is 36.8 Å². The summed E-state index contributed by atoms with van der Waals surface area (Å²) in [6, 6.07) is 15.4. The second-order valence-electron chi connectivity index (χ2n) is 5.12. The summed E-state index contributed by atoms with van der Waals surface area (Å²) < 4.78 is 5.89. The standard InChI is InChI=1S/C18H16ClN3OS/c1-13-12-24-18(21-13)22-20-10-15-4-2-3-5-17(15)23-11-14-6-8-16(19)9-7-14/h2-10,12H,11H2,1H3,(H,21,22). The van der Waals surface area contributed by atoms with Crippen molar-refractivity contribution in [3.8, 4) is 5.75 Å². The van der Waals surface area contributed by atoms with Gasteiger partial charge in [0.1, 0.15) is 12.4 Å². The van der Waals surface area contributed by atoms with E-state index in [0.717, 1.165) is 32.7 Å². The molecule has 0 aliphatic carbocycles. The van der Waals surface area contributed by atoms with E-state index in [-0.39, 0.29) is 0 Å². The number of ether oxygens (including phenoxy) is 1. The summed E-state index contributed by atoms with van der Waals surface area (Å²) in [4.78, 5) is 4.30. The highest BCUT2D eigenvalue weighted by atomic mass is 35.5. The van der Waals surface area contributed by atoms with Crippen LogP contribution in [0.25, 0.3) is 0 Å². The third kappa shape index (κ3) is 4.57. The second kappa shape index (κ2) is 7.95. The lowest BCUT2D eigenvalue weighted by molar-refractivity contribution is 0.306. The van der Waals surface area contributed by atoms with Gasteiger partial charge in [-0.25, -0.2) is 4.98 Å². The van der Waals surface area contributed by atoms with Crippen molar-refractivity contribution in [3.63, 3.8) is 0 Å². The Bertz CT molecular complexity index is 830. The minimum atomic E-state index is 0.473. The van der Waals surface area contributed by atoms with Crippen molar-refractivity contribution in [2.24, 2.45) is 5.10 Å². The first-order valence-corrected chi connectivity index (χ1v) is 8.64. The third-order valence-corrected chi connectivity index (χ3v) is 4.33. The molecule has 0 bridgehead atoms. The van der Waals surface area contributed by atoms with Gasteiger partial charge in [-0.2, -0.15) is 5.10 Å². The summed E-state index contributed by atoms with van der Waals surface area (Å²) in [7, 11) is 0. The van der Waals surface area contributed by atoms with Gasteiger partial charge in [0.2, 0.25) is 5.13 Å². The number of hydrogen-bond donors (Lipinski definition) is 1. The average Bonchev–Trinajstić information content (AvgIpc) is 3.01. The highest BCUT2D eigenvalue weighted by Crippen LogP contribution is 2.19. The molecule has 0 amide bonds. The summed E-state index contributed by atoms with van der Waals surface area (Å²) in [6.45, 7) is 2.42. The van der Waals surface area contributed by atoms with Gasteiger partial charge in [0.25, 0.3) is 0 Å². The van der Waals surface area contributed by atoms with E-state index >= 15 is 0 Å². The second-order valence-corrected chi connectivity index (χ2v) is 6.41. The molecule has 0 saturated heterocycles. The van der Waals surface area contributed by atoms with E-state index in [1.807, 2.05) is 60.8 Å². The van der Waals surface area contributed by atoms with E-state index in [2.05, 4.69) is 15.5 Å². The van der Waals surface area contributed by atoms with Crippen LogP contribution in [0.2, 0.25) is 5.02 Å². The molecule has 3 aromatic rings. The van der Waals surface area contributed by atoms with Crippen molar-refractivity contribution in [1.29, 1.82) is 0 Å². The van der Waals surface area contributed by atoms with Crippen molar-refractivity contribution in [2.75, 3.05) is 5.43 Å². The summed E-state index contributed by atoms with van der Waals surface area (Å²) in [5.41, 5.74) is 5.86. The molecule has 122 valence electrons. The predicted octanol–water partition coefficient (Wildman–Crippen LogP) is 5.13. The number of benzene rings is 2. The van der Waals surface area contributed by atoms with E-state index in [9.17, 15) is 0 Å². The summed E-state index contributed by atoms with van der Waals surface area (Å²) in [5.74, 6) is 0.772. The molecule has 0 radical (unpaired) electrons. The van der Waals surface area contributed by atoms with Gasteiger partial charge in [-0.3, -0.25) is 5.43 Å². The van der Waals surface area contributed by atoms with Gasteiger partial charge in [-0.1, -0.05) is 35.9 Å². The highest BCUT2D eigenvalue weighted by molar-refractivity contribution is 7.13. The Kier molecular flexibility index (Phi) is 5.46. The van der Waals surface area contributed by atoms with Gasteiger partial charge in [-0.15, -0.1) is 11.3 Å². The SMILES string of the molecule is Cc1csc(NN=Cc2ccccc2OCc2ccc(Cl)cc2)n1. The molecule has 3 rings (SSSR count). The largest absolute Gasteiger partial charge is 0.488 e. The number of thiazole rings is 1. The lowest BCUT2D eigenvalue weighted by Gasteiger charge is -2.09. The van der Waals surface area contributed by atoms with Crippen LogP contribution < -0.4 is 10.2 Å². The minimum Gasteiger partial charge on any atom is -0.488 e. The van der Waals surface area contributed by atoms with Gasteiger partial charge in [0, 0.05) is 16.0 Å². The number of aromatic nitrogens is 1. The Balaban J connectivity index is 1.65. The maximum Gasteiger partial charge on any atom is 0.203 e. The van der Waals surface area contributed by atoms with E-state index in [1.54, 1.807) is 6.21 Å². The van der Waals surface area contributed by atoms with Crippen LogP contribution in [-0.2, 0) is 6.61 Å². The molecular formula is C18H16ClN3OS. The minimum absolute atomic E-state index is 0.473. The summed E-state index contributed by atoms with van der Waals surface area (Å²) in [5, 5.41) is 7.69. The molecule has 0 saturated carbocycles. The first kappa shape index (κ1) is 16.5. The van der Waals surface area contributed by atoms with Crippen LogP contribution in [0.5, 0.6) is 5.75 Å². The third-order valence-electron chi connectivity index (χ3n) is 3.21. The van der Waals surface area contributed by atoms with E-state index < -0.39 is 0 Å². The molecule has 0 aliphatic heterocycles. The number of nitrogens with one attached hydrogen (secondary N) is 1. The van der Waals surface area contributed by atoms with Gasteiger partial charge in [0.15, 0.2) is 0 Å². The molecule has 6 heteroatoms. The molecule has 0 spiro atoms. The smallest absolute Gasteiger partial charge is 0.203 e. The molecule has 0 atom stereocenters. The first-order chi connectivity index (χ1) is 11.7. The van der Waals surface area contributed by atoms with Crippen molar-refractivity contribution in [2.45, 2.75) is 13.5 Å². The Hall–Kier alpha value is -2.37. The lowest BCUT2D eigenvalue weighted by atomic mass is 10.2. The first-order valence-electron chi connectivity index (χ1n) is 7.38. The van der Waals surface area contributed by atoms with Crippen LogP contribution in [0.1, 0.15) is 16.8 Å². The summed E-state index contributed by atoms with van der Waals surface area (Å²) in [6.07, 6.45) is 1.73. The molecule has 2 aromatic carbocycles. The van der Waals surface area contributed by atoms with E-state index in [4.69, 9.17) is 16.3 Å². The monoisotopic (exact) mass is 357 g/mol. The van der Waals surface area contributed by atoms with Gasteiger partial charge >= 0.3 is 0 Å². The fraction of sp³-hybridized carbons (Fsp3) is 0.111. The Morgan fingerprint density at radius 2 is 2.00 bits per heavy atom. The van der Waals surface area contributed by atoms with Crippen molar-refractivity contribution < 1.29 is 4.74 Å². The molecule has 0 aliphatic rings. The number of aryl methyl sites for hydroxylation is 1. The molecule has 0 unspecified atom stereocenters. The molecule has 1 N–H and O–H groups in total. The van der Waals surface area contributed by atoms with E-state index in [0.29, 0.717) is 6.61 Å². The highest BCUT2D eigenvalue weighted by Gasteiger charge is 2.02. The topological polar surface area (TPSA) is 46.5 Å². The maximum absolute atomic E-state index is 5.89. The summed E-state index contributed by atoms with van der Waals surface area (Å²) >= 11 is 7.41. The number of nitrogens with zero attached hydrogens (tertiary/aromatic N) is 2. The number of rotatable bonds is 6. The molecule has 1 heterocycles. The molecular weight excluding hydrogens is 342 g/mol. The molecule has 1 aromatic heterocycles. The number of anilines is 1. The quantitative estimate of drug-likeness (QED) is 0.491. The Morgan fingerprint density at radius 3 is 2.75 bits per heavy atom. The normalized spacial score (nSPS) is 10.9. The number of halogens is 1. The zero-order valence-corrected chi connectivity index (χ0v) is 14.6. The zero-order chi connectivity index (χ0) is 16.8. The van der Waals surface area contributed by atoms with Gasteiger partial charge in [0.05, 0.1) is 11.9 Å². The zero-order valence-electron chi connectivity index (χ0n) is 13.1. The lowest BCUT2D eigenvalue weighted by Crippen LogP contribution is -1.99. The Morgan fingerprint density at radius 1 is 1.21 bits per heavy atom. The van der Waals surface area contributed by atoms with Gasteiger partial charge < -0.3 is 4.74 Å². The van der Waals surface area contributed by atoms with Crippen LogP contribution in [0.3, 0.4) is 0 Å². The number of para-hydroxylation sites is 1. The Labute approximate surface area is 149 Å². The molecule has 4 nitrogen and oxygen atoms in total. The molecule has 24 heavy (non-hydrogen) atoms. The van der Waals surface area contributed by atoms with Crippen molar-refractivity contribution in [1.82, 2.24) is 4.98 Å².